The van der Waals surface area contributed by atoms with E-state index in [2.05, 4.69) is 9.97 Å². The molecule has 5 heteroatoms. The fourth-order valence-electron chi connectivity index (χ4n) is 3.47. The lowest BCUT2D eigenvalue weighted by Gasteiger charge is -2.29. The van der Waals surface area contributed by atoms with Gasteiger partial charge in [-0.25, -0.2) is 0 Å². The summed E-state index contributed by atoms with van der Waals surface area (Å²) in [6, 6.07) is 3.67. The first-order valence-corrected chi connectivity index (χ1v) is 7.59. The molecule has 1 fully saturated rings. The van der Waals surface area contributed by atoms with E-state index in [4.69, 9.17) is 5.73 Å². The summed E-state index contributed by atoms with van der Waals surface area (Å²) >= 11 is 0. The molecule has 21 heavy (non-hydrogen) atoms. The third kappa shape index (κ3) is 2.53. The van der Waals surface area contributed by atoms with Crippen molar-refractivity contribution < 1.29 is 0 Å². The third-order valence-corrected chi connectivity index (χ3v) is 4.65. The van der Waals surface area contributed by atoms with Crippen LogP contribution in [0.5, 0.6) is 0 Å². The van der Waals surface area contributed by atoms with Gasteiger partial charge in [0, 0.05) is 6.04 Å². The standard InChI is InChI=1S/C16H21N3O2/c1-9-7-8-11-14(19-16(21)15(20)18-11)12(9)13(17)10-5-3-2-4-6-10/h7-8,10,13H,2-6,17H2,1H3,(H,18,20)(H,19,21). The summed E-state index contributed by atoms with van der Waals surface area (Å²) in [5.74, 6) is 0.443. The van der Waals surface area contributed by atoms with Crippen molar-refractivity contribution in [3.05, 3.63) is 44.0 Å². The van der Waals surface area contributed by atoms with Crippen LogP contribution in [0, 0.1) is 12.8 Å². The summed E-state index contributed by atoms with van der Waals surface area (Å²) in [4.78, 5) is 28.5. The van der Waals surface area contributed by atoms with Gasteiger partial charge in [-0.2, -0.15) is 0 Å². The minimum Gasteiger partial charge on any atom is -0.324 e. The van der Waals surface area contributed by atoms with Gasteiger partial charge in [0.25, 0.3) is 0 Å². The van der Waals surface area contributed by atoms with Crippen LogP contribution < -0.4 is 16.9 Å². The lowest BCUT2D eigenvalue weighted by molar-refractivity contribution is 0.308. The SMILES string of the molecule is Cc1ccc2[nH]c(=O)c(=O)[nH]c2c1C(N)C1CCCCC1. The van der Waals surface area contributed by atoms with Crippen LogP contribution in [0.15, 0.2) is 21.7 Å². The molecule has 1 unspecified atom stereocenters. The number of rotatable bonds is 2. The van der Waals surface area contributed by atoms with Crippen molar-refractivity contribution in [2.45, 2.75) is 45.1 Å². The summed E-state index contributed by atoms with van der Waals surface area (Å²) in [6.07, 6.45) is 5.97. The molecule has 0 spiro atoms. The Morgan fingerprint density at radius 2 is 1.76 bits per heavy atom. The highest BCUT2D eigenvalue weighted by atomic mass is 16.2. The fraction of sp³-hybridized carbons (Fsp3) is 0.500. The van der Waals surface area contributed by atoms with Gasteiger partial charge in [-0.3, -0.25) is 9.59 Å². The van der Waals surface area contributed by atoms with Crippen LogP contribution >= 0.6 is 0 Å². The van der Waals surface area contributed by atoms with Gasteiger partial charge in [0.2, 0.25) is 0 Å². The molecule has 2 aromatic rings. The molecule has 1 heterocycles. The first-order chi connectivity index (χ1) is 10.1. The average molecular weight is 287 g/mol. The van der Waals surface area contributed by atoms with Gasteiger partial charge in [-0.05, 0) is 42.9 Å². The molecule has 0 amide bonds. The first-order valence-electron chi connectivity index (χ1n) is 7.59. The zero-order valence-electron chi connectivity index (χ0n) is 12.2. The second kappa shape index (κ2) is 5.48. The van der Waals surface area contributed by atoms with Crippen molar-refractivity contribution in [2.24, 2.45) is 11.7 Å². The predicted molar refractivity (Wildman–Crippen MR) is 83.4 cm³/mol. The topological polar surface area (TPSA) is 91.7 Å². The molecule has 5 nitrogen and oxygen atoms in total. The minimum atomic E-state index is -0.622. The Hall–Kier alpha value is -1.88. The minimum absolute atomic E-state index is 0.101. The quantitative estimate of drug-likeness (QED) is 0.739. The number of nitrogens with two attached hydrogens (primary N) is 1. The monoisotopic (exact) mass is 287 g/mol. The van der Waals surface area contributed by atoms with E-state index in [1.807, 2.05) is 19.1 Å². The zero-order chi connectivity index (χ0) is 15.0. The molecule has 0 saturated heterocycles. The Kier molecular flexibility index (Phi) is 3.68. The van der Waals surface area contributed by atoms with Crippen LogP contribution in [-0.4, -0.2) is 9.97 Å². The van der Waals surface area contributed by atoms with Crippen molar-refractivity contribution >= 4 is 11.0 Å². The van der Waals surface area contributed by atoms with Crippen molar-refractivity contribution in [1.82, 2.24) is 9.97 Å². The van der Waals surface area contributed by atoms with E-state index in [1.54, 1.807) is 0 Å². The number of aryl methyl sites for hydroxylation is 1. The number of fused-ring (bicyclic) bond motifs is 1. The number of aromatic amines is 2. The molecule has 4 N–H and O–H groups in total. The van der Waals surface area contributed by atoms with Crippen LogP contribution in [0.3, 0.4) is 0 Å². The van der Waals surface area contributed by atoms with Gasteiger partial charge in [-0.1, -0.05) is 25.3 Å². The lowest BCUT2D eigenvalue weighted by Crippen LogP contribution is -2.31. The Morgan fingerprint density at radius 1 is 1.10 bits per heavy atom. The van der Waals surface area contributed by atoms with E-state index in [1.165, 1.54) is 19.3 Å². The number of nitrogens with one attached hydrogen (secondary N) is 2. The van der Waals surface area contributed by atoms with Crippen molar-refractivity contribution in [1.29, 1.82) is 0 Å². The fourth-order valence-corrected chi connectivity index (χ4v) is 3.47. The van der Waals surface area contributed by atoms with E-state index in [-0.39, 0.29) is 6.04 Å². The summed E-state index contributed by atoms with van der Waals surface area (Å²) in [5.41, 5.74) is 8.62. The van der Waals surface area contributed by atoms with Crippen LogP contribution in [-0.2, 0) is 0 Å². The third-order valence-electron chi connectivity index (χ3n) is 4.65. The number of hydrogen-bond donors (Lipinski definition) is 3. The Balaban J connectivity index is 2.15. The van der Waals surface area contributed by atoms with Crippen molar-refractivity contribution in [3.8, 4) is 0 Å². The molecule has 0 bridgehead atoms. The van der Waals surface area contributed by atoms with Crippen LogP contribution in [0.2, 0.25) is 0 Å². The normalized spacial score (nSPS) is 18.0. The van der Waals surface area contributed by atoms with E-state index in [0.717, 1.165) is 24.0 Å². The Morgan fingerprint density at radius 3 is 2.48 bits per heavy atom. The number of H-pyrrole nitrogens is 2. The largest absolute Gasteiger partial charge is 0.324 e. The van der Waals surface area contributed by atoms with Gasteiger partial charge in [0.1, 0.15) is 0 Å². The Bertz CT molecular complexity index is 769. The highest BCUT2D eigenvalue weighted by Gasteiger charge is 2.25. The van der Waals surface area contributed by atoms with E-state index in [0.29, 0.717) is 17.0 Å². The van der Waals surface area contributed by atoms with Gasteiger partial charge >= 0.3 is 11.1 Å². The van der Waals surface area contributed by atoms with Gasteiger partial charge in [0.05, 0.1) is 11.0 Å². The maximum Gasteiger partial charge on any atom is 0.314 e. The highest BCUT2D eigenvalue weighted by Crippen LogP contribution is 2.35. The smallest absolute Gasteiger partial charge is 0.314 e. The molecule has 1 aromatic carbocycles. The van der Waals surface area contributed by atoms with Crippen LogP contribution in [0.25, 0.3) is 11.0 Å². The second-order valence-electron chi connectivity index (χ2n) is 6.05. The molecule has 1 aliphatic carbocycles. The van der Waals surface area contributed by atoms with Gasteiger partial charge < -0.3 is 15.7 Å². The molecule has 0 radical (unpaired) electrons. The Labute approximate surface area is 122 Å². The molecular formula is C16H21N3O2. The number of aromatic nitrogens is 2. The maximum atomic E-state index is 11.7. The number of benzene rings is 1. The highest BCUT2D eigenvalue weighted by molar-refractivity contribution is 5.79. The molecule has 112 valence electrons. The van der Waals surface area contributed by atoms with Crippen molar-refractivity contribution in [2.75, 3.05) is 0 Å². The molecule has 0 aliphatic heterocycles. The molecule has 1 aromatic heterocycles. The van der Waals surface area contributed by atoms with Crippen LogP contribution in [0.1, 0.15) is 49.3 Å². The summed E-state index contributed by atoms with van der Waals surface area (Å²) < 4.78 is 0. The van der Waals surface area contributed by atoms with E-state index >= 15 is 0 Å². The van der Waals surface area contributed by atoms with Gasteiger partial charge in [-0.15, -0.1) is 0 Å². The van der Waals surface area contributed by atoms with Crippen LogP contribution in [0.4, 0.5) is 0 Å². The van der Waals surface area contributed by atoms with E-state index < -0.39 is 11.1 Å². The van der Waals surface area contributed by atoms with E-state index in [9.17, 15) is 9.59 Å². The molecule has 1 atom stereocenters. The maximum absolute atomic E-state index is 11.7. The summed E-state index contributed by atoms with van der Waals surface area (Å²) in [7, 11) is 0. The first kappa shape index (κ1) is 14.1. The lowest BCUT2D eigenvalue weighted by atomic mass is 9.80. The summed E-state index contributed by atoms with van der Waals surface area (Å²) in [5, 5.41) is 0. The predicted octanol–water partition coefficient (Wildman–Crippen LogP) is 2.10. The summed E-state index contributed by atoms with van der Waals surface area (Å²) in [6.45, 7) is 2.00. The molecular weight excluding hydrogens is 266 g/mol. The van der Waals surface area contributed by atoms with Crippen molar-refractivity contribution in [3.63, 3.8) is 0 Å². The number of hydrogen-bond acceptors (Lipinski definition) is 3. The molecule has 3 rings (SSSR count). The van der Waals surface area contributed by atoms with Gasteiger partial charge in [0.15, 0.2) is 0 Å². The molecule has 1 aliphatic rings. The molecule has 1 saturated carbocycles. The zero-order valence-corrected chi connectivity index (χ0v) is 12.2. The average Bonchev–Trinajstić information content (AvgIpc) is 2.49. The second-order valence-corrected chi connectivity index (χ2v) is 6.05.